The fraction of sp³-hybridized carbons (Fsp3) is 0.0909. The minimum atomic E-state index is -0.433. The third-order valence-electron chi connectivity index (χ3n) is 2.19. The van der Waals surface area contributed by atoms with E-state index in [0.29, 0.717) is 10.8 Å². The van der Waals surface area contributed by atoms with Crippen LogP contribution in [0.1, 0.15) is 5.56 Å². The molecule has 1 N–H and O–H groups in total. The van der Waals surface area contributed by atoms with Gasteiger partial charge in [0.15, 0.2) is 0 Å². The van der Waals surface area contributed by atoms with Crippen LogP contribution in [-0.2, 0) is 5.75 Å². The number of hydrogen-bond acceptors (Lipinski definition) is 5. The fourth-order valence-corrected chi connectivity index (χ4v) is 2.14. The van der Waals surface area contributed by atoms with E-state index >= 15 is 0 Å². The summed E-state index contributed by atoms with van der Waals surface area (Å²) in [4.78, 5) is 27.1. The Morgan fingerprint density at radius 3 is 2.61 bits per heavy atom. The third-order valence-corrected chi connectivity index (χ3v) is 3.22. The van der Waals surface area contributed by atoms with E-state index < -0.39 is 4.92 Å². The first-order chi connectivity index (χ1) is 8.65. The molecule has 0 amide bonds. The van der Waals surface area contributed by atoms with E-state index in [1.165, 1.54) is 30.1 Å². The molecule has 0 fully saturated rings. The highest BCUT2D eigenvalue weighted by Gasteiger charge is 2.04. The molecule has 18 heavy (non-hydrogen) atoms. The average molecular weight is 263 g/mol. The van der Waals surface area contributed by atoms with Crippen molar-refractivity contribution in [2.24, 2.45) is 0 Å². The minimum Gasteiger partial charge on any atom is -0.300 e. The number of nitrogens with zero attached hydrogens (tertiary/aromatic N) is 2. The maximum atomic E-state index is 11.0. The van der Waals surface area contributed by atoms with Crippen LogP contribution in [0.2, 0.25) is 0 Å². The van der Waals surface area contributed by atoms with Gasteiger partial charge in [0.05, 0.1) is 9.95 Å². The Kier molecular flexibility index (Phi) is 3.73. The lowest BCUT2D eigenvalue weighted by atomic mass is 10.2. The number of benzene rings is 1. The summed E-state index contributed by atoms with van der Waals surface area (Å²) in [6, 6.07) is 8.03. The average Bonchev–Trinajstić information content (AvgIpc) is 2.37. The van der Waals surface area contributed by atoms with Crippen LogP contribution in [0.15, 0.2) is 46.3 Å². The van der Waals surface area contributed by atoms with E-state index in [4.69, 9.17) is 0 Å². The van der Waals surface area contributed by atoms with Gasteiger partial charge in [0.25, 0.3) is 5.69 Å². The van der Waals surface area contributed by atoms with E-state index in [0.717, 1.165) is 5.56 Å². The Bertz CT molecular complexity index is 609. The van der Waals surface area contributed by atoms with Gasteiger partial charge in [-0.2, -0.15) is 0 Å². The second-order valence-corrected chi connectivity index (χ2v) is 4.47. The van der Waals surface area contributed by atoms with Gasteiger partial charge >= 0.3 is 5.69 Å². The lowest BCUT2D eigenvalue weighted by Crippen LogP contribution is -2.08. The van der Waals surface area contributed by atoms with Crippen LogP contribution in [-0.4, -0.2) is 14.9 Å². The van der Waals surface area contributed by atoms with Gasteiger partial charge in [0.1, 0.15) is 0 Å². The van der Waals surface area contributed by atoms with E-state index in [-0.39, 0.29) is 11.4 Å². The molecule has 1 aromatic heterocycles. The monoisotopic (exact) mass is 263 g/mol. The number of aromatic nitrogens is 2. The summed E-state index contributed by atoms with van der Waals surface area (Å²) in [7, 11) is 0. The maximum Gasteiger partial charge on any atom is 0.345 e. The molecule has 2 rings (SSSR count). The summed E-state index contributed by atoms with van der Waals surface area (Å²) in [6.07, 6.45) is 1.44. The molecule has 0 aliphatic rings. The van der Waals surface area contributed by atoms with Crippen molar-refractivity contribution in [1.82, 2.24) is 9.97 Å². The zero-order chi connectivity index (χ0) is 13.0. The number of nitrogens with one attached hydrogen (secondary N) is 1. The molecule has 0 atom stereocenters. The summed E-state index contributed by atoms with van der Waals surface area (Å²) < 4.78 is 0. The van der Waals surface area contributed by atoms with Crippen molar-refractivity contribution in [2.45, 2.75) is 10.8 Å². The zero-order valence-corrected chi connectivity index (χ0v) is 10.0. The molecule has 1 heterocycles. The van der Waals surface area contributed by atoms with Crippen molar-refractivity contribution in [2.75, 3.05) is 0 Å². The number of H-pyrrole nitrogens is 1. The molecule has 0 saturated carbocycles. The van der Waals surface area contributed by atoms with Crippen molar-refractivity contribution in [3.63, 3.8) is 0 Å². The smallest absolute Gasteiger partial charge is 0.300 e. The molecule has 0 bridgehead atoms. The first kappa shape index (κ1) is 12.3. The van der Waals surface area contributed by atoms with E-state index in [2.05, 4.69) is 9.97 Å². The summed E-state index contributed by atoms with van der Waals surface area (Å²) in [5.41, 5.74) is 0.632. The molecule has 0 radical (unpaired) electrons. The molecule has 0 saturated heterocycles. The SMILES string of the molecule is O=c1nccc(SCc2ccc([N+](=O)[O-])cc2)[nH]1. The van der Waals surface area contributed by atoms with Gasteiger partial charge in [0, 0.05) is 24.1 Å². The Labute approximate surface area is 106 Å². The van der Waals surface area contributed by atoms with Crippen molar-refractivity contribution in [1.29, 1.82) is 0 Å². The van der Waals surface area contributed by atoms with Crippen LogP contribution in [0.25, 0.3) is 0 Å². The molecule has 6 nitrogen and oxygen atoms in total. The minimum absolute atomic E-state index is 0.0704. The van der Waals surface area contributed by atoms with E-state index in [9.17, 15) is 14.9 Å². The number of aromatic amines is 1. The number of nitro benzene ring substituents is 1. The molecular weight excluding hydrogens is 254 g/mol. The third kappa shape index (κ3) is 3.17. The predicted octanol–water partition coefficient (Wildman–Crippen LogP) is 1.97. The van der Waals surface area contributed by atoms with Crippen molar-refractivity contribution in [3.05, 3.63) is 62.7 Å². The van der Waals surface area contributed by atoms with Crippen molar-refractivity contribution in [3.8, 4) is 0 Å². The van der Waals surface area contributed by atoms with Gasteiger partial charge in [-0.15, -0.1) is 11.8 Å². The van der Waals surface area contributed by atoms with Crippen LogP contribution in [0, 0.1) is 10.1 Å². The Morgan fingerprint density at radius 2 is 2.00 bits per heavy atom. The topological polar surface area (TPSA) is 88.9 Å². The Balaban J connectivity index is 2.02. The Morgan fingerprint density at radius 1 is 1.28 bits per heavy atom. The van der Waals surface area contributed by atoms with Gasteiger partial charge in [-0.3, -0.25) is 10.1 Å². The highest BCUT2D eigenvalue weighted by atomic mass is 32.2. The van der Waals surface area contributed by atoms with E-state index in [1.807, 2.05) is 0 Å². The summed E-state index contributed by atoms with van der Waals surface area (Å²) >= 11 is 1.44. The molecule has 92 valence electrons. The quantitative estimate of drug-likeness (QED) is 0.394. The van der Waals surface area contributed by atoms with Gasteiger partial charge in [0.2, 0.25) is 0 Å². The van der Waals surface area contributed by atoms with Gasteiger partial charge < -0.3 is 4.98 Å². The van der Waals surface area contributed by atoms with Crippen molar-refractivity contribution < 1.29 is 4.92 Å². The van der Waals surface area contributed by atoms with Gasteiger partial charge in [-0.25, -0.2) is 9.78 Å². The summed E-state index contributed by atoms with van der Waals surface area (Å²) in [6.45, 7) is 0. The standard InChI is InChI=1S/C11H9N3O3S/c15-11-12-6-5-10(13-11)18-7-8-1-3-9(4-2-8)14(16)17/h1-6H,7H2,(H,12,13,15). The lowest BCUT2D eigenvalue weighted by molar-refractivity contribution is -0.384. The molecule has 7 heteroatoms. The van der Waals surface area contributed by atoms with Gasteiger partial charge in [-0.1, -0.05) is 12.1 Å². The zero-order valence-electron chi connectivity index (χ0n) is 9.20. The second kappa shape index (κ2) is 5.46. The summed E-state index contributed by atoms with van der Waals surface area (Å²) in [5, 5.41) is 11.2. The maximum absolute atomic E-state index is 11.0. The molecular formula is C11H9N3O3S. The molecule has 0 aliphatic carbocycles. The molecule has 1 aromatic carbocycles. The lowest BCUT2D eigenvalue weighted by Gasteiger charge is -2.01. The molecule has 2 aromatic rings. The number of thioether (sulfide) groups is 1. The highest BCUT2D eigenvalue weighted by molar-refractivity contribution is 7.98. The summed E-state index contributed by atoms with van der Waals surface area (Å²) in [5.74, 6) is 0.623. The number of nitro groups is 1. The van der Waals surface area contributed by atoms with Crippen LogP contribution in [0.3, 0.4) is 0 Å². The first-order valence-corrected chi connectivity index (χ1v) is 6.05. The highest BCUT2D eigenvalue weighted by Crippen LogP contribution is 2.21. The fourth-order valence-electron chi connectivity index (χ4n) is 1.31. The van der Waals surface area contributed by atoms with Crippen LogP contribution in [0.4, 0.5) is 5.69 Å². The van der Waals surface area contributed by atoms with E-state index in [1.54, 1.807) is 18.2 Å². The predicted molar refractivity (Wildman–Crippen MR) is 67.5 cm³/mol. The normalized spacial score (nSPS) is 10.2. The van der Waals surface area contributed by atoms with Crippen LogP contribution in [0.5, 0.6) is 0 Å². The molecule has 0 aliphatic heterocycles. The number of hydrogen-bond donors (Lipinski definition) is 1. The van der Waals surface area contributed by atoms with Crippen LogP contribution < -0.4 is 5.69 Å². The Hall–Kier alpha value is -2.15. The molecule has 0 unspecified atom stereocenters. The number of rotatable bonds is 4. The number of non-ortho nitro benzene ring substituents is 1. The van der Waals surface area contributed by atoms with Crippen molar-refractivity contribution >= 4 is 17.4 Å². The second-order valence-electron chi connectivity index (χ2n) is 3.45. The van der Waals surface area contributed by atoms with Crippen LogP contribution >= 0.6 is 11.8 Å². The first-order valence-electron chi connectivity index (χ1n) is 5.06. The largest absolute Gasteiger partial charge is 0.345 e. The van der Waals surface area contributed by atoms with Gasteiger partial charge in [-0.05, 0) is 11.6 Å². The molecule has 0 spiro atoms.